The lowest BCUT2D eigenvalue weighted by molar-refractivity contribution is -0.123. The summed E-state index contributed by atoms with van der Waals surface area (Å²) in [6, 6.07) is 5.39. The Balaban J connectivity index is 1.97. The molecule has 1 unspecified atom stereocenters. The Labute approximate surface area is 142 Å². The molecule has 0 heterocycles. The lowest BCUT2D eigenvalue weighted by Gasteiger charge is -2.15. The number of methoxy groups -OCH3 is 1. The number of benzene rings is 1. The van der Waals surface area contributed by atoms with E-state index in [1.165, 1.54) is 7.11 Å². The summed E-state index contributed by atoms with van der Waals surface area (Å²) in [5, 5.41) is 8.66. The SMILES string of the molecule is CNCC(C)C(=O)Nc1ccc(OC)c(OCC(=O)NC2CC2)c1. The number of amides is 2. The third-order valence-corrected chi connectivity index (χ3v) is 3.69. The van der Waals surface area contributed by atoms with Crippen LogP contribution in [0.15, 0.2) is 18.2 Å². The Morgan fingerprint density at radius 3 is 2.67 bits per heavy atom. The van der Waals surface area contributed by atoms with E-state index in [0.717, 1.165) is 12.8 Å². The van der Waals surface area contributed by atoms with Gasteiger partial charge in [0.15, 0.2) is 18.1 Å². The fourth-order valence-corrected chi connectivity index (χ4v) is 2.17. The first kappa shape index (κ1) is 18.1. The number of ether oxygens (including phenoxy) is 2. The maximum atomic E-state index is 12.1. The molecule has 1 saturated carbocycles. The van der Waals surface area contributed by atoms with Crippen LogP contribution in [0.3, 0.4) is 0 Å². The van der Waals surface area contributed by atoms with Gasteiger partial charge < -0.3 is 25.4 Å². The normalized spacial score (nSPS) is 14.6. The molecule has 0 aliphatic heterocycles. The predicted octanol–water partition coefficient (Wildman–Crippen LogP) is 1.15. The molecule has 2 amide bonds. The monoisotopic (exact) mass is 335 g/mol. The largest absolute Gasteiger partial charge is 0.493 e. The van der Waals surface area contributed by atoms with Gasteiger partial charge in [-0.15, -0.1) is 0 Å². The maximum Gasteiger partial charge on any atom is 0.258 e. The molecule has 2 rings (SSSR count). The molecule has 7 nitrogen and oxygen atoms in total. The highest BCUT2D eigenvalue weighted by molar-refractivity contribution is 5.92. The minimum atomic E-state index is -0.161. The van der Waals surface area contributed by atoms with Crippen molar-refractivity contribution in [1.82, 2.24) is 10.6 Å². The zero-order valence-electron chi connectivity index (χ0n) is 14.3. The number of carbonyl (C=O) groups excluding carboxylic acids is 2. The summed E-state index contributed by atoms with van der Waals surface area (Å²) in [4.78, 5) is 23.8. The minimum Gasteiger partial charge on any atom is -0.493 e. The molecule has 0 bridgehead atoms. The molecule has 1 aromatic carbocycles. The van der Waals surface area contributed by atoms with E-state index < -0.39 is 0 Å². The third-order valence-electron chi connectivity index (χ3n) is 3.69. The molecule has 0 saturated heterocycles. The van der Waals surface area contributed by atoms with Gasteiger partial charge in [-0.1, -0.05) is 6.92 Å². The fourth-order valence-electron chi connectivity index (χ4n) is 2.17. The van der Waals surface area contributed by atoms with E-state index in [0.29, 0.717) is 29.8 Å². The van der Waals surface area contributed by atoms with Crippen molar-refractivity contribution in [1.29, 1.82) is 0 Å². The molecule has 7 heteroatoms. The van der Waals surface area contributed by atoms with Crippen LogP contribution in [0.1, 0.15) is 19.8 Å². The smallest absolute Gasteiger partial charge is 0.258 e. The van der Waals surface area contributed by atoms with Crippen LogP contribution < -0.4 is 25.4 Å². The quantitative estimate of drug-likeness (QED) is 0.630. The topological polar surface area (TPSA) is 88.7 Å². The summed E-state index contributed by atoms with van der Waals surface area (Å²) < 4.78 is 10.8. The van der Waals surface area contributed by atoms with E-state index in [-0.39, 0.29) is 24.3 Å². The van der Waals surface area contributed by atoms with Gasteiger partial charge in [-0.2, -0.15) is 0 Å². The van der Waals surface area contributed by atoms with Gasteiger partial charge in [0.2, 0.25) is 5.91 Å². The number of carbonyl (C=O) groups is 2. The molecule has 24 heavy (non-hydrogen) atoms. The highest BCUT2D eigenvalue weighted by Crippen LogP contribution is 2.30. The van der Waals surface area contributed by atoms with Crippen LogP contribution in [-0.4, -0.2) is 45.2 Å². The van der Waals surface area contributed by atoms with Crippen LogP contribution in [0.4, 0.5) is 5.69 Å². The Bertz CT molecular complexity index is 587. The zero-order chi connectivity index (χ0) is 17.5. The van der Waals surface area contributed by atoms with Crippen molar-refractivity contribution in [2.45, 2.75) is 25.8 Å². The molecule has 1 aliphatic carbocycles. The van der Waals surface area contributed by atoms with Crippen LogP contribution >= 0.6 is 0 Å². The number of anilines is 1. The van der Waals surface area contributed by atoms with E-state index in [1.54, 1.807) is 25.2 Å². The zero-order valence-corrected chi connectivity index (χ0v) is 14.3. The third kappa shape index (κ3) is 5.42. The van der Waals surface area contributed by atoms with Gasteiger partial charge in [0.05, 0.1) is 7.11 Å². The highest BCUT2D eigenvalue weighted by Gasteiger charge is 2.23. The first-order valence-corrected chi connectivity index (χ1v) is 8.09. The van der Waals surface area contributed by atoms with Gasteiger partial charge >= 0.3 is 0 Å². The number of hydrogen-bond donors (Lipinski definition) is 3. The number of rotatable bonds is 9. The van der Waals surface area contributed by atoms with Crippen molar-refractivity contribution < 1.29 is 19.1 Å². The van der Waals surface area contributed by atoms with E-state index >= 15 is 0 Å². The lowest BCUT2D eigenvalue weighted by Crippen LogP contribution is -2.30. The van der Waals surface area contributed by atoms with Gasteiger partial charge in [0.25, 0.3) is 5.91 Å². The first-order valence-electron chi connectivity index (χ1n) is 8.09. The molecule has 132 valence electrons. The Kier molecular flexibility index (Phi) is 6.43. The summed E-state index contributed by atoms with van der Waals surface area (Å²) in [6.07, 6.45) is 2.06. The standard InChI is InChI=1S/C17H25N3O4/c1-11(9-18-2)17(22)20-13-6-7-14(23-3)15(8-13)24-10-16(21)19-12-4-5-12/h6-8,11-12,18H,4-5,9-10H2,1-3H3,(H,19,21)(H,20,22). The summed E-state index contributed by atoms with van der Waals surface area (Å²) >= 11 is 0. The first-order chi connectivity index (χ1) is 11.5. The van der Waals surface area contributed by atoms with Crippen LogP contribution in [-0.2, 0) is 9.59 Å². The van der Waals surface area contributed by atoms with Gasteiger partial charge in [0, 0.05) is 30.3 Å². The average Bonchev–Trinajstić information content (AvgIpc) is 3.37. The Hall–Kier alpha value is -2.28. The van der Waals surface area contributed by atoms with E-state index in [9.17, 15) is 9.59 Å². The molecule has 1 fully saturated rings. The van der Waals surface area contributed by atoms with Crippen molar-refractivity contribution in [2.75, 3.05) is 32.6 Å². The van der Waals surface area contributed by atoms with Crippen molar-refractivity contribution in [3.05, 3.63) is 18.2 Å². The fraction of sp³-hybridized carbons (Fsp3) is 0.529. The maximum absolute atomic E-state index is 12.1. The summed E-state index contributed by atoms with van der Waals surface area (Å²) in [5.41, 5.74) is 0.598. The Morgan fingerprint density at radius 2 is 2.04 bits per heavy atom. The molecule has 0 radical (unpaired) electrons. The average molecular weight is 335 g/mol. The summed E-state index contributed by atoms with van der Waals surface area (Å²) in [7, 11) is 3.33. The molecular weight excluding hydrogens is 310 g/mol. The molecule has 0 aromatic heterocycles. The van der Waals surface area contributed by atoms with Crippen molar-refractivity contribution in [3.8, 4) is 11.5 Å². The second-order valence-electron chi connectivity index (χ2n) is 5.94. The van der Waals surface area contributed by atoms with Crippen LogP contribution in [0.25, 0.3) is 0 Å². The van der Waals surface area contributed by atoms with Crippen molar-refractivity contribution >= 4 is 17.5 Å². The molecular formula is C17H25N3O4. The van der Waals surface area contributed by atoms with E-state index in [4.69, 9.17) is 9.47 Å². The summed E-state index contributed by atoms with van der Waals surface area (Å²) in [6.45, 7) is 2.35. The van der Waals surface area contributed by atoms with Gasteiger partial charge in [-0.05, 0) is 32.0 Å². The van der Waals surface area contributed by atoms with Gasteiger partial charge in [-0.3, -0.25) is 9.59 Å². The van der Waals surface area contributed by atoms with Crippen molar-refractivity contribution in [2.24, 2.45) is 5.92 Å². The van der Waals surface area contributed by atoms with Crippen LogP contribution in [0.5, 0.6) is 11.5 Å². The second-order valence-corrected chi connectivity index (χ2v) is 5.94. The summed E-state index contributed by atoms with van der Waals surface area (Å²) in [5.74, 6) is 0.521. The molecule has 1 aromatic rings. The number of hydrogen-bond acceptors (Lipinski definition) is 5. The predicted molar refractivity (Wildman–Crippen MR) is 91.4 cm³/mol. The van der Waals surface area contributed by atoms with Gasteiger partial charge in [0.1, 0.15) is 0 Å². The molecule has 0 spiro atoms. The molecule has 1 atom stereocenters. The van der Waals surface area contributed by atoms with E-state index in [2.05, 4.69) is 16.0 Å². The Morgan fingerprint density at radius 1 is 1.29 bits per heavy atom. The second kappa shape index (κ2) is 8.54. The number of nitrogens with one attached hydrogen (secondary N) is 3. The molecule has 3 N–H and O–H groups in total. The highest BCUT2D eigenvalue weighted by atomic mass is 16.5. The van der Waals surface area contributed by atoms with Crippen molar-refractivity contribution in [3.63, 3.8) is 0 Å². The lowest BCUT2D eigenvalue weighted by atomic mass is 10.1. The minimum absolute atomic E-state index is 0.0829. The van der Waals surface area contributed by atoms with Gasteiger partial charge in [-0.25, -0.2) is 0 Å². The van der Waals surface area contributed by atoms with Crippen LogP contribution in [0.2, 0.25) is 0 Å². The van der Waals surface area contributed by atoms with Crippen LogP contribution in [0, 0.1) is 5.92 Å². The van der Waals surface area contributed by atoms with E-state index in [1.807, 2.05) is 6.92 Å². The molecule has 1 aliphatic rings.